The van der Waals surface area contributed by atoms with Crippen LogP contribution < -0.4 is 4.90 Å². The molecule has 0 aliphatic carbocycles. The van der Waals surface area contributed by atoms with Crippen LogP contribution in [-0.2, 0) is 0 Å². The molecule has 1 aliphatic rings. The monoisotopic (exact) mass is 448 g/mol. The lowest BCUT2D eigenvalue weighted by Crippen LogP contribution is -2.31. The van der Waals surface area contributed by atoms with E-state index >= 15 is 0 Å². The third-order valence-corrected chi connectivity index (χ3v) is 6.79. The maximum Gasteiger partial charge on any atom is 0.217 e. The predicted molar refractivity (Wildman–Crippen MR) is 125 cm³/mol. The standard InChI is InChI=1S/C22H24N8OS/c1-14(27-31)19-6-7-21-24-25-22(30(21)26-19)32-18-4-5-20-15(11-18)10-17(12-23-20)29-9-8-16(13-29)28(2)3/h4-7,10-12,16,31H,8-9,13H2,1-3H3/b27-14+. The van der Waals surface area contributed by atoms with Crippen molar-refractivity contribution in [2.75, 3.05) is 32.1 Å². The number of rotatable bonds is 5. The van der Waals surface area contributed by atoms with Crippen molar-refractivity contribution in [2.24, 2.45) is 5.16 Å². The van der Waals surface area contributed by atoms with Crippen LogP contribution in [0.4, 0.5) is 5.69 Å². The van der Waals surface area contributed by atoms with Gasteiger partial charge in [0.25, 0.3) is 0 Å². The largest absolute Gasteiger partial charge is 0.411 e. The molecule has 3 aromatic heterocycles. The molecule has 1 N–H and O–H groups in total. The predicted octanol–water partition coefficient (Wildman–Crippen LogP) is 3.16. The number of pyridine rings is 1. The van der Waals surface area contributed by atoms with E-state index in [1.807, 2.05) is 24.4 Å². The summed E-state index contributed by atoms with van der Waals surface area (Å²) in [6.07, 6.45) is 3.13. The van der Waals surface area contributed by atoms with E-state index < -0.39 is 0 Å². The van der Waals surface area contributed by atoms with E-state index in [2.05, 4.69) is 61.5 Å². The fourth-order valence-electron chi connectivity index (χ4n) is 3.91. The molecule has 32 heavy (non-hydrogen) atoms. The van der Waals surface area contributed by atoms with Gasteiger partial charge in [0, 0.05) is 29.4 Å². The molecule has 1 atom stereocenters. The lowest BCUT2D eigenvalue weighted by Gasteiger charge is -2.21. The topological polar surface area (TPSA) is 95.0 Å². The molecule has 1 aromatic carbocycles. The number of oxime groups is 1. The zero-order valence-corrected chi connectivity index (χ0v) is 19.0. The SMILES string of the molecule is C/C(=N\O)c1ccc2nnc(Sc3ccc4ncc(N5CCC(N(C)C)C5)cc4c3)n2n1. The quantitative estimate of drug-likeness (QED) is 0.283. The molecule has 4 heterocycles. The highest BCUT2D eigenvalue weighted by Gasteiger charge is 2.24. The van der Waals surface area contributed by atoms with Crippen molar-refractivity contribution in [3.05, 3.63) is 48.3 Å². The molecule has 1 saturated heterocycles. The van der Waals surface area contributed by atoms with Crippen LogP contribution in [-0.4, -0.2) is 73.8 Å². The Labute approximate surface area is 189 Å². The number of nitrogens with zero attached hydrogens (tertiary/aromatic N) is 8. The average Bonchev–Trinajstić information content (AvgIpc) is 3.46. The van der Waals surface area contributed by atoms with Gasteiger partial charge in [-0.15, -0.1) is 10.2 Å². The van der Waals surface area contributed by atoms with Crippen molar-refractivity contribution in [2.45, 2.75) is 29.4 Å². The van der Waals surface area contributed by atoms with Crippen LogP contribution in [0.5, 0.6) is 0 Å². The molecule has 1 unspecified atom stereocenters. The van der Waals surface area contributed by atoms with Gasteiger partial charge in [-0.3, -0.25) is 4.98 Å². The van der Waals surface area contributed by atoms with E-state index in [1.165, 1.54) is 11.8 Å². The third-order valence-electron chi connectivity index (χ3n) is 5.86. The molecule has 0 spiro atoms. The van der Waals surface area contributed by atoms with Gasteiger partial charge >= 0.3 is 0 Å². The van der Waals surface area contributed by atoms with Crippen LogP contribution in [0.25, 0.3) is 16.6 Å². The Morgan fingerprint density at radius 1 is 1.19 bits per heavy atom. The smallest absolute Gasteiger partial charge is 0.217 e. The van der Waals surface area contributed by atoms with E-state index in [4.69, 9.17) is 5.21 Å². The zero-order valence-electron chi connectivity index (χ0n) is 18.2. The maximum absolute atomic E-state index is 9.05. The van der Waals surface area contributed by atoms with Gasteiger partial charge in [0.1, 0.15) is 11.4 Å². The Balaban J connectivity index is 1.44. The van der Waals surface area contributed by atoms with Crippen molar-refractivity contribution in [1.82, 2.24) is 29.7 Å². The minimum atomic E-state index is 0.430. The van der Waals surface area contributed by atoms with Crippen LogP contribution in [0.3, 0.4) is 0 Å². The molecule has 0 radical (unpaired) electrons. The first-order valence-corrected chi connectivity index (χ1v) is 11.2. The van der Waals surface area contributed by atoms with Crippen LogP contribution in [0.1, 0.15) is 19.0 Å². The Bertz CT molecular complexity index is 1320. The molecule has 0 saturated carbocycles. The summed E-state index contributed by atoms with van der Waals surface area (Å²) in [5.41, 5.74) is 3.75. The first-order valence-electron chi connectivity index (χ1n) is 10.4. The first kappa shape index (κ1) is 20.7. The van der Waals surface area contributed by atoms with Gasteiger partial charge in [0.2, 0.25) is 5.16 Å². The summed E-state index contributed by atoms with van der Waals surface area (Å²) in [5.74, 6) is 0. The van der Waals surface area contributed by atoms with Gasteiger partial charge in [0.15, 0.2) is 5.65 Å². The Morgan fingerprint density at radius 2 is 2.06 bits per heavy atom. The second-order valence-electron chi connectivity index (χ2n) is 8.16. The highest BCUT2D eigenvalue weighted by molar-refractivity contribution is 7.99. The number of hydrogen-bond acceptors (Lipinski definition) is 9. The molecule has 164 valence electrons. The van der Waals surface area contributed by atoms with E-state index in [1.54, 1.807) is 17.5 Å². The molecular formula is C22H24N8OS. The van der Waals surface area contributed by atoms with Gasteiger partial charge in [-0.05, 0) is 75.6 Å². The third kappa shape index (κ3) is 3.87. The average molecular weight is 449 g/mol. The second kappa shape index (κ2) is 8.36. The summed E-state index contributed by atoms with van der Waals surface area (Å²) in [4.78, 5) is 10.4. The van der Waals surface area contributed by atoms with Gasteiger partial charge in [0.05, 0.1) is 17.4 Å². The second-order valence-corrected chi connectivity index (χ2v) is 9.20. The van der Waals surface area contributed by atoms with E-state index in [0.717, 1.165) is 41.0 Å². The number of aromatic nitrogens is 5. The minimum absolute atomic E-state index is 0.430. The summed E-state index contributed by atoms with van der Waals surface area (Å²) >= 11 is 1.49. The number of fused-ring (bicyclic) bond motifs is 2. The first-order chi connectivity index (χ1) is 15.5. The number of hydrogen-bond donors (Lipinski definition) is 1. The van der Waals surface area contributed by atoms with Crippen LogP contribution in [0.2, 0.25) is 0 Å². The summed E-state index contributed by atoms with van der Waals surface area (Å²) in [6, 6.07) is 12.5. The van der Waals surface area contributed by atoms with Crippen molar-refractivity contribution in [3.63, 3.8) is 0 Å². The Kier molecular flexibility index (Phi) is 5.40. The molecule has 1 aliphatic heterocycles. The molecule has 1 fully saturated rings. The minimum Gasteiger partial charge on any atom is -0.411 e. The maximum atomic E-state index is 9.05. The molecule has 0 amide bonds. The van der Waals surface area contributed by atoms with Gasteiger partial charge in [-0.1, -0.05) is 5.16 Å². The molecular weight excluding hydrogens is 424 g/mol. The van der Waals surface area contributed by atoms with Crippen molar-refractivity contribution < 1.29 is 5.21 Å². The Morgan fingerprint density at radius 3 is 2.84 bits per heavy atom. The van der Waals surface area contributed by atoms with Crippen LogP contribution in [0.15, 0.2) is 57.8 Å². The summed E-state index contributed by atoms with van der Waals surface area (Å²) in [7, 11) is 4.28. The van der Waals surface area contributed by atoms with Crippen molar-refractivity contribution in [3.8, 4) is 0 Å². The van der Waals surface area contributed by atoms with E-state index in [9.17, 15) is 0 Å². The molecule has 10 heteroatoms. The summed E-state index contributed by atoms with van der Waals surface area (Å²) < 4.78 is 1.67. The van der Waals surface area contributed by atoms with Gasteiger partial charge in [-0.2, -0.15) is 9.61 Å². The fraction of sp³-hybridized carbons (Fsp3) is 0.318. The van der Waals surface area contributed by atoms with Crippen LogP contribution >= 0.6 is 11.8 Å². The van der Waals surface area contributed by atoms with Crippen molar-refractivity contribution in [1.29, 1.82) is 0 Å². The number of anilines is 1. The molecule has 9 nitrogen and oxygen atoms in total. The van der Waals surface area contributed by atoms with Crippen LogP contribution in [0, 0.1) is 0 Å². The van der Waals surface area contributed by atoms with E-state index in [-0.39, 0.29) is 0 Å². The lowest BCUT2D eigenvalue weighted by molar-refractivity contribution is 0.315. The Hall–Kier alpha value is -3.24. The summed E-state index contributed by atoms with van der Waals surface area (Å²) in [5, 5.41) is 27.0. The normalized spacial score (nSPS) is 17.2. The lowest BCUT2D eigenvalue weighted by atomic mass is 10.2. The number of benzene rings is 1. The van der Waals surface area contributed by atoms with Crippen molar-refractivity contribution >= 4 is 39.7 Å². The summed E-state index contributed by atoms with van der Waals surface area (Å²) in [6.45, 7) is 3.76. The highest BCUT2D eigenvalue weighted by atomic mass is 32.2. The highest BCUT2D eigenvalue weighted by Crippen LogP contribution is 2.31. The van der Waals surface area contributed by atoms with Gasteiger partial charge < -0.3 is 15.0 Å². The number of likely N-dealkylation sites (N-methyl/N-ethyl adjacent to an activating group) is 1. The molecule has 5 rings (SSSR count). The fourth-order valence-corrected chi connectivity index (χ4v) is 4.75. The molecule has 4 aromatic rings. The van der Waals surface area contributed by atoms with E-state index in [0.29, 0.717) is 28.3 Å². The van der Waals surface area contributed by atoms with Gasteiger partial charge in [-0.25, -0.2) is 0 Å². The zero-order chi connectivity index (χ0) is 22.2. The molecule has 0 bridgehead atoms.